The number of hydrogen-bond acceptors (Lipinski definition) is 0. The second kappa shape index (κ2) is 7.10. The van der Waals surface area contributed by atoms with Crippen molar-refractivity contribution in [1.29, 1.82) is 0 Å². The summed E-state index contributed by atoms with van der Waals surface area (Å²) in [5.74, 6) is 0. The molecule has 3 unspecified atom stereocenters. The zero-order valence-corrected chi connectivity index (χ0v) is 16.5. The Morgan fingerprint density at radius 1 is 0.636 bits per heavy atom. The fourth-order valence-electron chi connectivity index (χ4n) is 4.46. The van der Waals surface area contributed by atoms with Crippen LogP contribution in [0.1, 0.15) is 40.0 Å². The molecule has 0 radical (unpaired) electrons. The third-order valence-corrected chi connectivity index (χ3v) is 15.0. The molecule has 0 aromatic carbocycles. The van der Waals surface area contributed by atoms with Crippen LogP contribution in [-0.4, -0.2) is 16.2 Å². The van der Waals surface area contributed by atoms with Crippen LogP contribution in [0, 0.1) is 0 Å². The summed E-state index contributed by atoms with van der Waals surface area (Å²) in [5.41, 5.74) is 5.07. The zero-order chi connectivity index (χ0) is 15.5. The predicted molar refractivity (Wildman–Crippen MR) is 99.5 cm³/mol. The normalized spacial score (nSPS) is 29.0. The average Bonchev–Trinajstić information content (AvgIpc) is 3.28. The van der Waals surface area contributed by atoms with Gasteiger partial charge in [0.15, 0.2) is 0 Å². The summed E-state index contributed by atoms with van der Waals surface area (Å²) in [4.78, 5) is 0. The quantitative estimate of drug-likeness (QED) is 0.493. The molecule has 3 aliphatic carbocycles. The van der Waals surface area contributed by atoms with Gasteiger partial charge < -0.3 is 0 Å². The van der Waals surface area contributed by atoms with Crippen LogP contribution in [0.4, 0.5) is 0 Å². The van der Waals surface area contributed by atoms with Gasteiger partial charge in [0, 0.05) is 0 Å². The fourth-order valence-corrected chi connectivity index (χ4v) is 15.0. The van der Waals surface area contributed by atoms with E-state index in [2.05, 4.69) is 75.5 Å². The maximum atomic E-state index is 2.53. The van der Waals surface area contributed by atoms with E-state index in [9.17, 15) is 0 Å². The molecule has 0 nitrogen and oxygen atoms in total. The third kappa shape index (κ3) is 2.81. The van der Waals surface area contributed by atoms with Crippen molar-refractivity contribution in [3.8, 4) is 0 Å². The number of allylic oxidation sites excluding steroid dienone is 12. The molecule has 0 bridgehead atoms. The van der Waals surface area contributed by atoms with Crippen molar-refractivity contribution >= 4 is 16.2 Å². The molecule has 22 heavy (non-hydrogen) atoms. The van der Waals surface area contributed by atoms with Gasteiger partial charge in [0.2, 0.25) is 0 Å². The van der Waals surface area contributed by atoms with Crippen LogP contribution in [0.25, 0.3) is 0 Å². The zero-order valence-electron chi connectivity index (χ0n) is 14.1. The SMILES string of the molecule is CCC1=CC=C[CH]1[Ga]([CH]1C=CC=C1CC)[CH]1C=CC=C1CC. The van der Waals surface area contributed by atoms with Crippen LogP contribution in [0.15, 0.2) is 71.4 Å². The minimum atomic E-state index is -1.69. The van der Waals surface area contributed by atoms with Gasteiger partial charge in [-0.3, -0.25) is 0 Å². The number of hydrogen-bond donors (Lipinski definition) is 0. The molecule has 0 heterocycles. The van der Waals surface area contributed by atoms with Gasteiger partial charge in [0.1, 0.15) is 0 Å². The van der Waals surface area contributed by atoms with Gasteiger partial charge >= 0.3 is 141 Å². The topological polar surface area (TPSA) is 0 Å². The Kier molecular flexibility index (Phi) is 5.15. The molecule has 0 saturated heterocycles. The summed E-state index contributed by atoms with van der Waals surface area (Å²) >= 11 is -1.69. The van der Waals surface area contributed by atoms with Gasteiger partial charge in [-0.05, 0) is 0 Å². The molecular weight excluding hydrogens is 322 g/mol. The van der Waals surface area contributed by atoms with E-state index in [1.807, 2.05) is 0 Å². The molecule has 114 valence electrons. The van der Waals surface area contributed by atoms with E-state index in [4.69, 9.17) is 0 Å². The average molecular weight is 349 g/mol. The Balaban J connectivity index is 1.97. The van der Waals surface area contributed by atoms with Crippen LogP contribution in [0.2, 0.25) is 13.4 Å². The van der Waals surface area contributed by atoms with Crippen molar-refractivity contribution in [3.05, 3.63) is 71.4 Å². The molecule has 0 aromatic heterocycles. The molecule has 0 spiro atoms. The van der Waals surface area contributed by atoms with Crippen LogP contribution < -0.4 is 0 Å². The first-order valence-electron chi connectivity index (χ1n) is 8.91. The maximum absolute atomic E-state index is 2.53. The summed E-state index contributed by atoms with van der Waals surface area (Å²) in [7, 11) is 0. The first kappa shape index (κ1) is 16.0. The van der Waals surface area contributed by atoms with E-state index in [1.165, 1.54) is 19.3 Å². The molecule has 0 fully saturated rings. The Bertz CT molecular complexity index is 512. The van der Waals surface area contributed by atoms with Crippen molar-refractivity contribution in [1.82, 2.24) is 0 Å². The van der Waals surface area contributed by atoms with Crippen LogP contribution in [-0.2, 0) is 0 Å². The van der Waals surface area contributed by atoms with Gasteiger partial charge in [0.05, 0.1) is 0 Å². The van der Waals surface area contributed by atoms with E-state index in [1.54, 1.807) is 16.7 Å². The standard InChI is InChI=1S/3C7H9.Ga/c3*1-2-7-5-3-4-6-7;/h3*3-6H,2H2,1H3;. The fraction of sp³-hybridized carbons (Fsp3) is 0.429. The van der Waals surface area contributed by atoms with Crippen molar-refractivity contribution < 1.29 is 0 Å². The summed E-state index contributed by atoms with van der Waals surface area (Å²) in [6.07, 6.45) is 25.4. The second-order valence-corrected chi connectivity index (χ2v) is 13.5. The molecule has 3 rings (SSSR count). The van der Waals surface area contributed by atoms with Crippen molar-refractivity contribution in [3.63, 3.8) is 0 Å². The molecule has 0 aliphatic heterocycles. The van der Waals surface area contributed by atoms with E-state index in [-0.39, 0.29) is 0 Å². The molecule has 3 aliphatic rings. The summed E-state index contributed by atoms with van der Waals surface area (Å²) in [6, 6.07) is 0. The third-order valence-electron chi connectivity index (χ3n) is 5.64. The van der Waals surface area contributed by atoms with Crippen LogP contribution >= 0.6 is 0 Å². The Labute approximate surface area is 141 Å². The van der Waals surface area contributed by atoms with Crippen molar-refractivity contribution in [2.45, 2.75) is 53.5 Å². The van der Waals surface area contributed by atoms with Crippen LogP contribution in [0.3, 0.4) is 0 Å². The predicted octanol–water partition coefficient (Wildman–Crippen LogP) is 6.31. The summed E-state index contributed by atoms with van der Waals surface area (Å²) in [6.45, 7) is 6.98. The molecule has 0 saturated carbocycles. The Morgan fingerprint density at radius 3 is 1.23 bits per heavy atom. The first-order chi connectivity index (χ1) is 10.8. The minimum absolute atomic E-state index is 0.780. The molecule has 3 atom stereocenters. The molecule has 0 N–H and O–H groups in total. The van der Waals surface area contributed by atoms with Crippen molar-refractivity contribution in [2.75, 3.05) is 0 Å². The summed E-state index contributed by atoms with van der Waals surface area (Å²) < 4.78 is 2.34. The molecule has 1 heteroatoms. The summed E-state index contributed by atoms with van der Waals surface area (Å²) in [5, 5.41) is 0. The molecular formula is C21H27Ga. The van der Waals surface area contributed by atoms with Gasteiger partial charge in [-0.15, -0.1) is 0 Å². The van der Waals surface area contributed by atoms with E-state index in [0.29, 0.717) is 0 Å². The van der Waals surface area contributed by atoms with E-state index in [0.717, 1.165) is 13.4 Å². The van der Waals surface area contributed by atoms with E-state index >= 15 is 0 Å². The van der Waals surface area contributed by atoms with E-state index < -0.39 is 16.2 Å². The molecule has 0 amide bonds. The van der Waals surface area contributed by atoms with Crippen molar-refractivity contribution in [2.24, 2.45) is 0 Å². The van der Waals surface area contributed by atoms with Crippen LogP contribution in [0.5, 0.6) is 0 Å². The monoisotopic (exact) mass is 348 g/mol. The van der Waals surface area contributed by atoms with Gasteiger partial charge in [0.25, 0.3) is 0 Å². The Hall–Kier alpha value is -0.924. The Morgan fingerprint density at radius 2 is 0.955 bits per heavy atom. The molecule has 0 aromatic rings. The number of rotatable bonds is 6. The van der Waals surface area contributed by atoms with Gasteiger partial charge in [-0.1, -0.05) is 0 Å². The van der Waals surface area contributed by atoms with Gasteiger partial charge in [-0.25, -0.2) is 0 Å². The second-order valence-electron chi connectivity index (χ2n) is 6.59. The van der Waals surface area contributed by atoms with Gasteiger partial charge in [-0.2, -0.15) is 0 Å². The first-order valence-corrected chi connectivity index (χ1v) is 13.1.